The van der Waals surface area contributed by atoms with Crippen molar-refractivity contribution >= 4 is 6.09 Å². The van der Waals surface area contributed by atoms with Gasteiger partial charge in [0.1, 0.15) is 11.4 Å². The first-order chi connectivity index (χ1) is 17.5. The Morgan fingerprint density at radius 2 is 1.55 bits per heavy atom. The number of hydrogen-bond donors (Lipinski definition) is 1. The molecule has 1 amide bonds. The maximum atomic E-state index is 14.3. The van der Waals surface area contributed by atoms with Gasteiger partial charge < -0.3 is 24.0 Å². The van der Waals surface area contributed by atoms with Gasteiger partial charge in [-0.15, -0.1) is 13.2 Å². The van der Waals surface area contributed by atoms with Crippen molar-refractivity contribution in [3.8, 4) is 22.8 Å². The molecular formula is C26H26F6N2O4. The minimum Gasteiger partial charge on any atom is -0.406 e. The molecular weight excluding hydrogens is 518 g/mol. The zero-order valence-corrected chi connectivity index (χ0v) is 20.9. The molecule has 0 aliphatic heterocycles. The number of carbonyl (C=O) groups excluding carboxylic acids is 1. The first-order valence-corrected chi connectivity index (χ1v) is 11.3. The largest absolute Gasteiger partial charge is 0.573 e. The highest BCUT2D eigenvalue weighted by Crippen LogP contribution is 2.45. The van der Waals surface area contributed by atoms with E-state index in [0.717, 1.165) is 33.7 Å². The summed E-state index contributed by atoms with van der Waals surface area (Å²) in [6.45, 7) is 3.57. The number of ether oxygens (including phenoxy) is 2. The quantitative estimate of drug-likeness (QED) is 0.339. The van der Waals surface area contributed by atoms with Crippen LogP contribution in [0.15, 0.2) is 54.6 Å². The second-order valence-electron chi connectivity index (χ2n) is 9.33. The van der Waals surface area contributed by atoms with Gasteiger partial charge in [0.05, 0.1) is 18.7 Å². The molecule has 6 nitrogen and oxygen atoms in total. The molecule has 38 heavy (non-hydrogen) atoms. The Morgan fingerprint density at radius 3 is 2.05 bits per heavy atom. The van der Waals surface area contributed by atoms with E-state index in [-0.39, 0.29) is 29.8 Å². The lowest BCUT2D eigenvalue weighted by Crippen LogP contribution is -2.41. The van der Waals surface area contributed by atoms with Crippen LogP contribution in [0.5, 0.6) is 11.6 Å². The number of alkyl halides is 6. The highest BCUT2D eigenvalue weighted by molar-refractivity contribution is 5.80. The monoisotopic (exact) mass is 544 g/mol. The van der Waals surface area contributed by atoms with Crippen molar-refractivity contribution in [1.82, 2.24) is 9.47 Å². The molecule has 0 spiro atoms. The zero-order valence-electron chi connectivity index (χ0n) is 20.9. The second kappa shape index (κ2) is 10.6. The summed E-state index contributed by atoms with van der Waals surface area (Å²) in [6, 6.07) is 12.4. The van der Waals surface area contributed by atoms with Gasteiger partial charge >= 0.3 is 18.6 Å². The fourth-order valence-corrected chi connectivity index (χ4v) is 4.08. The van der Waals surface area contributed by atoms with E-state index in [0.29, 0.717) is 5.56 Å². The summed E-state index contributed by atoms with van der Waals surface area (Å²) in [7, 11) is 1.31. The van der Waals surface area contributed by atoms with E-state index >= 15 is 0 Å². The van der Waals surface area contributed by atoms with E-state index < -0.39 is 41.6 Å². The number of halogens is 6. The summed E-state index contributed by atoms with van der Waals surface area (Å²) in [5.74, 6) is -1.02. The normalized spacial score (nSPS) is 12.4. The van der Waals surface area contributed by atoms with Crippen LogP contribution in [0.3, 0.4) is 0 Å². The third-order valence-electron chi connectivity index (χ3n) is 5.41. The van der Waals surface area contributed by atoms with Gasteiger partial charge in [0, 0.05) is 12.6 Å². The molecule has 0 bridgehead atoms. The lowest BCUT2D eigenvalue weighted by atomic mass is 10.0. The molecule has 12 heteroatoms. The molecule has 0 unspecified atom stereocenters. The Hall–Kier alpha value is -3.67. The first-order valence-electron chi connectivity index (χ1n) is 11.3. The van der Waals surface area contributed by atoms with Gasteiger partial charge in [-0.25, -0.2) is 4.79 Å². The van der Waals surface area contributed by atoms with Gasteiger partial charge in [0.15, 0.2) is 0 Å². The average molecular weight is 544 g/mol. The number of aromatic nitrogens is 1. The number of likely N-dealkylation sites (N-methyl/N-ethyl adjacent to an activating group) is 1. The van der Waals surface area contributed by atoms with E-state index in [9.17, 15) is 36.2 Å². The van der Waals surface area contributed by atoms with Crippen molar-refractivity contribution in [3.63, 3.8) is 0 Å². The van der Waals surface area contributed by atoms with Crippen LogP contribution in [0, 0.1) is 6.92 Å². The molecule has 3 rings (SSSR count). The number of rotatable bonds is 7. The van der Waals surface area contributed by atoms with Crippen molar-refractivity contribution in [1.29, 1.82) is 0 Å². The minimum absolute atomic E-state index is 0.0716. The molecule has 0 radical (unpaired) electrons. The maximum absolute atomic E-state index is 14.3. The number of nitrogens with zero attached hydrogens (tertiary/aromatic N) is 2. The van der Waals surface area contributed by atoms with Gasteiger partial charge in [-0.2, -0.15) is 13.2 Å². The summed E-state index contributed by atoms with van der Waals surface area (Å²) in [4.78, 5) is 13.9. The fraction of sp³-hybridized carbons (Fsp3) is 0.346. The lowest BCUT2D eigenvalue weighted by molar-refractivity contribution is -0.274. The molecule has 0 aliphatic carbocycles. The zero-order chi connectivity index (χ0) is 28.5. The van der Waals surface area contributed by atoms with Crippen LogP contribution in [0.2, 0.25) is 0 Å². The highest BCUT2D eigenvalue weighted by Gasteiger charge is 2.41. The van der Waals surface area contributed by atoms with Crippen LogP contribution >= 0.6 is 0 Å². The molecule has 0 saturated carbocycles. The highest BCUT2D eigenvalue weighted by atomic mass is 19.4. The van der Waals surface area contributed by atoms with Gasteiger partial charge in [-0.3, -0.25) is 0 Å². The first kappa shape index (κ1) is 28.9. The standard InChI is InChI=1S/C26H26F6N2O4/c1-16-20(18-10-12-19(13-11-18)38-26(30,31)32)22(37-23(35)33(4)15-24(2,3)36)34(21(16)25(27,28)29)14-17-8-6-5-7-9-17/h5-13,36H,14-15H2,1-4H3. The minimum atomic E-state index is -4.95. The number of aliphatic hydroxyl groups is 1. The van der Waals surface area contributed by atoms with Gasteiger partial charge in [-0.05, 0) is 49.6 Å². The van der Waals surface area contributed by atoms with Crippen LogP contribution < -0.4 is 9.47 Å². The fourth-order valence-electron chi connectivity index (χ4n) is 4.08. The Morgan fingerprint density at radius 1 is 0.974 bits per heavy atom. The van der Waals surface area contributed by atoms with Crippen LogP contribution in [-0.2, 0) is 12.7 Å². The van der Waals surface area contributed by atoms with Crippen molar-refractivity contribution in [2.24, 2.45) is 0 Å². The molecule has 0 saturated heterocycles. The maximum Gasteiger partial charge on any atom is 0.573 e. The van der Waals surface area contributed by atoms with Crippen LogP contribution in [0.25, 0.3) is 11.1 Å². The number of benzene rings is 2. The predicted octanol–water partition coefficient (Wildman–Crippen LogP) is 6.63. The summed E-state index contributed by atoms with van der Waals surface area (Å²) in [5, 5.41) is 10.1. The Labute approximate surface area is 215 Å². The Bertz CT molecular complexity index is 1260. The molecule has 0 atom stereocenters. The van der Waals surface area contributed by atoms with Gasteiger partial charge in [0.2, 0.25) is 5.88 Å². The lowest BCUT2D eigenvalue weighted by Gasteiger charge is -2.25. The third-order valence-corrected chi connectivity index (χ3v) is 5.41. The Balaban J connectivity index is 2.19. The molecule has 0 aliphatic rings. The molecule has 0 fully saturated rings. The molecule has 206 valence electrons. The van der Waals surface area contributed by atoms with Crippen molar-refractivity contribution in [2.75, 3.05) is 13.6 Å². The van der Waals surface area contributed by atoms with Crippen molar-refractivity contribution < 1.29 is 45.7 Å². The van der Waals surface area contributed by atoms with Crippen LogP contribution in [0.4, 0.5) is 31.1 Å². The molecule has 2 aromatic carbocycles. The molecule has 3 aromatic rings. The van der Waals surface area contributed by atoms with Gasteiger partial charge in [0.25, 0.3) is 0 Å². The van der Waals surface area contributed by atoms with Crippen molar-refractivity contribution in [3.05, 3.63) is 71.4 Å². The smallest absolute Gasteiger partial charge is 0.406 e. The Kier molecular flexibility index (Phi) is 8.06. The van der Waals surface area contributed by atoms with E-state index in [1.54, 1.807) is 30.3 Å². The van der Waals surface area contributed by atoms with Crippen LogP contribution in [0.1, 0.15) is 30.7 Å². The summed E-state index contributed by atoms with van der Waals surface area (Å²) < 4.78 is 91.0. The SMILES string of the molecule is Cc1c(-c2ccc(OC(F)(F)F)cc2)c(OC(=O)N(C)CC(C)(C)O)n(Cc2ccccc2)c1C(F)(F)F. The van der Waals surface area contributed by atoms with E-state index in [1.165, 1.54) is 27.8 Å². The number of hydrogen-bond acceptors (Lipinski definition) is 4. The van der Waals surface area contributed by atoms with Crippen molar-refractivity contribution in [2.45, 2.75) is 45.5 Å². The van der Waals surface area contributed by atoms with E-state index in [4.69, 9.17) is 4.74 Å². The molecule has 1 heterocycles. The number of amides is 1. The molecule has 1 aromatic heterocycles. The summed E-state index contributed by atoms with van der Waals surface area (Å²) >= 11 is 0. The number of carbonyl (C=O) groups is 1. The van der Waals surface area contributed by atoms with Crippen LogP contribution in [-0.4, -0.2) is 46.2 Å². The second-order valence-corrected chi connectivity index (χ2v) is 9.33. The summed E-state index contributed by atoms with van der Waals surface area (Å²) in [5.41, 5.74) is -2.26. The topological polar surface area (TPSA) is 63.9 Å². The molecule has 1 N–H and O–H groups in total. The third kappa shape index (κ3) is 7.21. The average Bonchev–Trinajstić information content (AvgIpc) is 3.03. The van der Waals surface area contributed by atoms with E-state index in [2.05, 4.69) is 4.74 Å². The predicted molar refractivity (Wildman–Crippen MR) is 127 cm³/mol. The summed E-state index contributed by atoms with van der Waals surface area (Å²) in [6.07, 6.45) is -10.9. The van der Waals surface area contributed by atoms with E-state index in [1.807, 2.05) is 0 Å². The van der Waals surface area contributed by atoms with Gasteiger partial charge in [-0.1, -0.05) is 42.5 Å².